The maximum atomic E-state index is 3.61. The number of hydrogen-bond acceptors (Lipinski definition) is 3. The Hall–Kier alpha value is 0.270. The number of piperidine rings is 1. The SMILES string of the molecule is CCSCCCNCC1CCN(CC)CC1. The van der Waals surface area contributed by atoms with Crippen molar-refractivity contribution in [2.24, 2.45) is 5.92 Å². The van der Waals surface area contributed by atoms with E-state index in [4.69, 9.17) is 0 Å². The molecule has 0 saturated carbocycles. The molecule has 0 aromatic heterocycles. The Bertz CT molecular complexity index is 156. The van der Waals surface area contributed by atoms with Gasteiger partial charge in [-0.1, -0.05) is 13.8 Å². The fourth-order valence-corrected chi connectivity index (χ4v) is 2.89. The van der Waals surface area contributed by atoms with Gasteiger partial charge in [0.1, 0.15) is 0 Å². The molecule has 1 aliphatic rings. The third kappa shape index (κ3) is 6.12. The van der Waals surface area contributed by atoms with Crippen LogP contribution >= 0.6 is 11.8 Å². The van der Waals surface area contributed by atoms with E-state index in [0.717, 1.165) is 5.92 Å². The van der Waals surface area contributed by atoms with Crippen LogP contribution in [-0.4, -0.2) is 49.1 Å². The van der Waals surface area contributed by atoms with Gasteiger partial charge in [0.05, 0.1) is 0 Å². The zero-order valence-corrected chi connectivity index (χ0v) is 11.8. The molecule has 3 heteroatoms. The van der Waals surface area contributed by atoms with Crippen molar-refractivity contribution in [1.29, 1.82) is 0 Å². The van der Waals surface area contributed by atoms with Crippen LogP contribution in [0, 0.1) is 5.92 Å². The van der Waals surface area contributed by atoms with Crippen molar-refractivity contribution in [3.63, 3.8) is 0 Å². The predicted molar refractivity (Wildman–Crippen MR) is 75.3 cm³/mol. The molecule has 0 aromatic rings. The van der Waals surface area contributed by atoms with Crippen molar-refractivity contribution in [3.05, 3.63) is 0 Å². The van der Waals surface area contributed by atoms with E-state index in [1.54, 1.807) is 0 Å². The van der Waals surface area contributed by atoms with Crippen molar-refractivity contribution in [2.75, 3.05) is 44.2 Å². The van der Waals surface area contributed by atoms with Gasteiger partial charge in [-0.25, -0.2) is 0 Å². The molecule has 2 nitrogen and oxygen atoms in total. The molecule has 96 valence electrons. The van der Waals surface area contributed by atoms with Crippen LogP contribution in [-0.2, 0) is 0 Å². The number of likely N-dealkylation sites (tertiary alicyclic amines) is 1. The molecule has 16 heavy (non-hydrogen) atoms. The lowest BCUT2D eigenvalue weighted by atomic mass is 9.97. The lowest BCUT2D eigenvalue weighted by Gasteiger charge is -2.31. The summed E-state index contributed by atoms with van der Waals surface area (Å²) in [6.07, 6.45) is 4.11. The first-order chi connectivity index (χ1) is 7.86. The monoisotopic (exact) mass is 244 g/mol. The van der Waals surface area contributed by atoms with Crippen LogP contribution in [0.25, 0.3) is 0 Å². The van der Waals surface area contributed by atoms with E-state index in [1.165, 1.54) is 63.5 Å². The third-order valence-electron chi connectivity index (χ3n) is 3.43. The molecule has 1 N–H and O–H groups in total. The largest absolute Gasteiger partial charge is 0.316 e. The maximum Gasteiger partial charge on any atom is -0.00157 e. The summed E-state index contributed by atoms with van der Waals surface area (Å²) in [5, 5.41) is 3.61. The van der Waals surface area contributed by atoms with Gasteiger partial charge in [0, 0.05) is 0 Å². The summed E-state index contributed by atoms with van der Waals surface area (Å²) in [6.45, 7) is 10.8. The molecular weight excluding hydrogens is 216 g/mol. The van der Waals surface area contributed by atoms with Gasteiger partial charge in [-0.2, -0.15) is 11.8 Å². The minimum atomic E-state index is 0.932. The van der Waals surface area contributed by atoms with Crippen LogP contribution in [0.15, 0.2) is 0 Å². The summed E-state index contributed by atoms with van der Waals surface area (Å²) < 4.78 is 0. The Morgan fingerprint density at radius 2 is 2.00 bits per heavy atom. The quantitative estimate of drug-likeness (QED) is 0.660. The maximum absolute atomic E-state index is 3.61. The number of rotatable bonds is 8. The first-order valence-corrected chi connectivity index (χ1v) is 8.03. The molecule has 0 spiro atoms. The lowest BCUT2D eigenvalue weighted by Crippen LogP contribution is -2.37. The van der Waals surface area contributed by atoms with Gasteiger partial charge in [-0.3, -0.25) is 0 Å². The highest BCUT2D eigenvalue weighted by molar-refractivity contribution is 7.99. The molecule has 1 saturated heterocycles. The zero-order chi connectivity index (χ0) is 11.6. The fraction of sp³-hybridized carbons (Fsp3) is 1.00. The van der Waals surface area contributed by atoms with Crippen LogP contribution in [0.4, 0.5) is 0 Å². The number of thioether (sulfide) groups is 1. The highest BCUT2D eigenvalue weighted by atomic mass is 32.2. The Balaban J connectivity index is 1.90. The van der Waals surface area contributed by atoms with Crippen LogP contribution in [0.2, 0.25) is 0 Å². The standard InChI is InChI=1S/C13H28N2S/c1-3-15-9-6-13(7-10-15)12-14-8-5-11-16-4-2/h13-14H,3-12H2,1-2H3. The second kappa shape index (κ2) is 9.32. The Morgan fingerprint density at radius 1 is 1.25 bits per heavy atom. The zero-order valence-electron chi connectivity index (χ0n) is 11.0. The molecule has 0 unspecified atom stereocenters. The van der Waals surface area contributed by atoms with Gasteiger partial charge in [-0.15, -0.1) is 0 Å². The van der Waals surface area contributed by atoms with Gasteiger partial charge in [0.25, 0.3) is 0 Å². The second-order valence-corrected chi connectivity index (χ2v) is 6.03. The van der Waals surface area contributed by atoms with Crippen LogP contribution < -0.4 is 5.32 Å². The Kier molecular flexibility index (Phi) is 8.34. The number of nitrogens with zero attached hydrogens (tertiary/aromatic N) is 1. The molecule has 0 aromatic carbocycles. The lowest BCUT2D eigenvalue weighted by molar-refractivity contribution is 0.190. The van der Waals surface area contributed by atoms with Crippen molar-refractivity contribution in [2.45, 2.75) is 33.1 Å². The van der Waals surface area contributed by atoms with Crippen molar-refractivity contribution in [1.82, 2.24) is 10.2 Å². The van der Waals surface area contributed by atoms with E-state index in [9.17, 15) is 0 Å². The molecule has 0 amide bonds. The molecule has 1 aliphatic heterocycles. The van der Waals surface area contributed by atoms with Gasteiger partial charge in [0.15, 0.2) is 0 Å². The Morgan fingerprint density at radius 3 is 2.62 bits per heavy atom. The number of nitrogens with one attached hydrogen (secondary N) is 1. The minimum Gasteiger partial charge on any atom is -0.316 e. The van der Waals surface area contributed by atoms with Crippen LogP contribution in [0.5, 0.6) is 0 Å². The highest BCUT2D eigenvalue weighted by Crippen LogP contribution is 2.15. The summed E-state index contributed by atoms with van der Waals surface area (Å²) in [4.78, 5) is 2.56. The van der Waals surface area contributed by atoms with Gasteiger partial charge >= 0.3 is 0 Å². The highest BCUT2D eigenvalue weighted by Gasteiger charge is 2.17. The average Bonchev–Trinajstić information content (AvgIpc) is 2.34. The van der Waals surface area contributed by atoms with Crippen molar-refractivity contribution in [3.8, 4) is 0 Å². The molecule has 0 aliphatic carbocycles. The minimum absolute atomic E-state index is 0.932. The molecule has 1 rings (SSSR count). The molecule has 1 fully saturated rings. The normalized spacial score (nSPS) is 19.1. The molecule has 0 atom stereocenters. The summed E-state index contributed by atoms with van der Waals surface area (Å²) in [5.41, 5.74) is 0. The van der Waals surface area contributed by atoms with E-state index in [-0.39, 0.29) is 0 Å². The average molecular weight is 244 g/mol. The smallest absolute Gasteiger partial charge is 0.00157 e. The molecule has 0 bridgehead atoms. The molecule has 0 radical (unpaired) electrons. The summed E-state index contributed by atoms with van der Waals surface area (Å²) in [7, 11) is 0. The second-order valence-electron chi connectivity index (χ2n) is 4.63. The van der Waals surface area contributed by atoms with Crippen molar-refractivity contribution < 1.29 is 0 Å². The first kappa shape index (κ1) is 14.3. The van der Waals surface area contributed by atoms with Crippen LogP contribution in [0.1, 0.15) is 33.1 Å². The topological polar surface area (TPSA) is 15.3 Å². The van der Waals surface area contributed by atoms with E-state index < -0.39 is 0 Å². The Labute approximate surface area is 106 Å². The molecular formula is C13H28N2S. The van der Waals surface area contributed by atoms with Crippen LogP contribution in [0.3, 0.4) is 0 Å². The van der Waals surface area contributed by atoms with E-state index >= 15 is 0 Å². The van der Waals surface area contributed by atoms with Gasteiger partial charge in [0.2, 0.25) is 0 Å². The van der Waals surface area contributed by atoms with E-state index in [0.29, 0.717) is 0 Å². The summed E-state index contributed by atoms with van der Waals surface area (Å²) >= 11 is 2.05. The summed E-state index contributed by atoms with van der Waals surface area (Å²) in [5.74, 6) is 3.51. The van der Waals surface area contributed by atoms with Gasteiger partial charge in [-0.05, 0) is 69.4 Å². The fourth-order valence-electron chi connectivity index (χ4n) is 2.26. The van der Waals surface area contributed by atoms with Gasteiger partial charge < -0.3 is 10.2 Å². The van der Waals surface area contributed by atoms with Crippen molar-refractivity contribution >= 4 is 11.8 Å². The van der Waals surface area contributed by atoms with E-state index in [2.05, 4.69) is 35.8 Å². The first-order valence-electron chi connectivity index (χ1n) is 6.87. The van der Waals surface area contributed by atoms with E-state index in [1.807, 2.05) is 0 Å². The third-order valence-corrected chi connectivity index (χ3v) is 4.42. The summed E-state index contributed by atoms with van der Waals surface area (Å²) in [6, 6.07) is 0. The number of hydrogen-bond donors (Lipinski definition) is 1. The molecule has 1 heterocycles. The predicted octanol–water partition coefficient (Wildman–Crippen LogP) is 2.45.